The van der Waals surface area contributed by atoms with E-state index in [1.807, 2.05) is 19.9 Å². The fourth-order valence-electron chi connectivity index (χ4n) is 1.19. The monoisotopic (exact) mass is 199 g/mol. The molecule has 72 valence electrons. The molecule has 0 saturated heterocycles. The molecule has 0 atom stereocenters. The molecule has 0 spiro atoms. The minimum atomic E-state index is -0.264. The van der Waals surface area contributed by atoms with Crippen LogP contribution in [-0.4, -0.2) is 10.6 Å². The van der Waals surface area contributed by atoms with Crippen LogP contribution in [0.5, 0.6) is 5.75 Å². The molecule has 0 aromatic heterocycles. The fraction of sp³-hybridized carbons (Fsp3) is 0.400. The number of nitrogens with two attached hydrogens (primary N) is 1. The maximum absolute atomic E-state index is 9.32. The van der Waals surface area contributed by atoms with Gasteiger partial charge in [0, 0.05) is 5.54 Å². The van der Waals surface area contributed by atoms with E-state index in [1.54, 1.807) is 12.1 Å². The quantitative estimate of drug-likeness (QED) is 0.768. The van der Waals surface area contributed by atoms with Gasteiger partial charge in [-0.3, -0.25) is 0 Å². The van der Waals surface area contributed by atoms with Crippen LogP contribution >= 0.6 is 11.6 Å². The van der Waals surface area contributed by atoms with Gasteiger partial charge in [0.05, 0.1) is 5.02 Å². The topological polar surface area (TPSA) is 46.2 Å². The second-order valence-electron chi connectivity index (χ2n) is 3.95. The number of aromatic hydroxyl groups is 1. The largest absolute Gasteiger partial charge is 0.506 e. The van der Waals surface area contributed by atoms with Gasteiger partial charge in [0.15, 0.2) is 0 Å². The summed E-state index contributed by atoms with van der Waals surface area (Å²) in [5.74, 6) is 0.114. The standard InChI is InChI=1S/C10H14ClNO/c1-10(2,12)6-7-3-4-8(11)9(13)5-7/h3-5,13H,6,12H2,1-2H3. The van der Waals surface area contributed by atoms with Crippen LogP contribution in [0.25, 0.3) is 0 Å². The van der Waals surface area contributed by atoms with Gasteiger partial charge in [0.2, 0.25) is 0 Å². The number of benzene rings is 1. The molecule has 0 radical (unpaired) electrons. The van der Waals surface area contributed by atoms with Crippen LogP contribution in [0.1, 0.15) is 19.4 Å². The van der Waals surface area contributed by atoms with Crippen molar-refractivity contribution in [3.63, 3.8) is 0 Å². The first-order chi connectivity index (χ1) is 5.88. The molecule has 0 heterocycles. The molecule has 0 unspecified atom stereocenters. The second-order valence-corrected chi connectivity index (χ2v) is 4.36. The maximum atomic E-state index is 9.32. The van der Waals surface area contributed by atoms with E-state index in [9.17, 15) is 5.11 Å². The van der Waals surface area contributed by atoms with Gasteiger partial charge in [-0.25, -0.2) is 0 Å². The van der Waals surface area contributed by atoms with Crippen molar-refractivity contribution in [1.82, 2.24) is 0 Å². The SMILES string of the molecule is CC(C)(N)Cc1ccc(Cl)c(O)c1. The van der Waals surface area contributed by atoms with Crippen molar-refractivity contribution >= 4 is 11.6 Å². The highest BCUT2D eigenvalue weighted by molar-refractivity contribution is 6.31. The first-order valence-electron chi connectivity index (χ1n) is 4.15. The van der Waals surface area contributed by atoms with Gasteiger partial charge >= 0.3 is 0 Å². The Kier molecular flexibility index (Phi) is 2.84. The van der Waals surface area contributed by atoms with Crippen LogP contribution in [0.4, 0.5) is 0 Å². The first kappa shape index (κ1) is 10.4. The Hall–Kier alpha value is -0.730. The molecule has 0 aliphatic carbocycles. The van der Waals surface area contributed by atoms with Crippen LogP contribution in [0.15, 0.2) is 18.2 Å². The van der Waals surface area contributed by atoms with Crippen molar-refractivity contribution in [1.29, 1.82) is 0 Å². The summed E-state index contributed by atoms with van der Waals surface area (Å²) in [6.07, 6.45) is 0.720. The van der Waals surface area contributed by atoms with Crippen molar-refractivity contribution in [2.75, 3.05) is 0 Å². The third-order valence-corrected chi connectivity index (χ3v) is 1.99. The van der Waals surface area contributed by atoms with Crippen LogP contribution in [0.3, 0.4) is 0 Å². The average Bonchev–Trinajstić information content (AvgIpc) is 1.94. The lowest BCUT2D eigenvalue weighted by atomic mass is 9.96. The summed E-state index contributed by atoms with van der Waals surface area (Å²) in [6, 6.07) is 5.20. The van der Waals surface area contributed by atoms with Crippen LogP contribution in [0.2, 0.25) is 5.02 Å². The number of halogens is 1. The molecule has 1 rings (SSSR count). The van der Waals surface area contributed by atoms with Crippen LogP contribution in [-0.2, 0) is 6.42 Å². The van der Waals surface area contributed by atoms with Gasteiger partial charge < -0.3 is 10.8 Å². The zero-order valence-corrected chi connectivity index (χ0v) is 8.60. The molecular weight excluding hydrogens is 186 g/mol. The molecule has 0 saturated carbocycles. The third-order valence-electron chi connectivity index (χ3n) is 1.67. The normalized spacial score (nSPS) is 11.7. The van der Waals surface area contributed by atoms with Gasteiger partial charge in [-0.15, -0.1) is 0 Å². The van der Waals surface area contributed by atoms with E-state index in [4.69, 9.17) is 17.3 Å². The molecule has 13 heavy (non-hydrogen) atoms. The van der Waals surface area contributed by atoms with Crippen LogP contribution < -0.4 is 5.73 Å². The number of phenolic OH excluding ortho intramolecular Hbond substituents is 1. The van der Waals surface area contributed by atoms with Gasteiger partial charge in [0.25, 0.3) is 0 Å². The van der Waals surface area contributed by atoms with Crippen molar-refractivity contribution in [3.8, 4) is 5.75 Å². The first-order valence-corrected chi connectivity index (χ1v) is 4.52. The molecule has 0 bridgehead atoms. The summed E-state index contributed by atoms with van der Waals surface area (Å²) in [6.45, 7) is 3.89. The Morgan fingerprint density at radius 1 is 1.46 bits per heavy atom. The number of hydrogen-bond acceptors (Lipinski definition) is 2. The molecule has 0 aliphatic rings. The highest BCUT2D eigenvalue weighted by Gasteiger charge is 2.12. The molecule has 1 aromatic carbocycles. The highest BCUT2D eigenvalue weighted by Crippen LogP contribution is 2.25. The van der Waals surface area contributed by atoms with Gasteiger partial charge in [0.1, 0.15) is 5.75 Å². The predicted molar refractivity (Wildman–Crippen MR) is 55.1 cm³/mol. The molecule has 0 aliphatic heterocycles. The van der Waals surface area contributed by atoms with Crippen molar-refractivity contribution < 1.29 is 5.11 Å². The highest BCUT2D eigenvalue weighted by atomic mass is 35.5. The Balaban J connectivity index is 2.86. The lowest BCUT2D eigenvalue weighted by molar-refractivity contribution is 0.471. The van der Waals surface area contributed by atoms with Crippen molar-refractivity contribution in [3.05, 3.63) is 28.8 Å². The smallest absolute Gasteiger partial charge is 0.134 e. The zero-order chi connectivity index (χ0) is 10.1. The van der Waals surface area contributed by atoms with Crippen molar-refractivity contribution in [2.24, 2.45) is 5.73 Å². The molecular formula is C10H14ClNO. The van der Waals surface area contributed by atoms with E-state index in [0.29, 0.717) is 5.02 Å². The second kappa shape index (κ2) is 3.56. The predicted octanol–water partition coefficient (Wildman–Crippen LogP) is 2.33. The summed E-state index contributed by atoms with van der Waals surface area (Å²) in [5.41, 5.74) is 6.57. The molecule has 3 heteroatoms. The summed E-state index contributed by atoms with van der Waals surface area (Å²) in [4.78, 5) is 0. The number of hydrogen-bond donors (Lipinski definition) is 2. The van der Waals surface area contributed by atoms with Gasteiger partial charge in [-0.1, -0.05) is 17.7 Å². The number of phenols is 1. The van der Waals surface area contributed by atoms with E-state index in [2.05, 4.69) is 0 Å². The summed E-state index contributed by atoms with van der Waals surface area (Å²) in [7, 11) is 0. The molecule has 3 N–H and O–H groups in total. The van der Waals surface area contributed by atoms with Gasteiger partial charge in [-0.05, 0) is 38.0 Å². The van der Waals surface area contributed by atoms with E-state index in [0.717, 1.165) is 12.0 Å². The summed E-state index contributed by atoms with van der Waals surface area (Å²) in [5, 5.41) is 9.70. The number of rotatable bonds is 2. The third kappa shape index (κ3) is 3.25. The zero-order valence-electron chi connectivity index (χ0n) is 7.84. The molecule has 0 amide bonds. The van der Waals surface area contributed by atoms with Crippen LogP contribution in [0, 0.1) is 0 Å². The lowest BCUT2D eigenvalue weighted by Gasteiger charge is -2.18. The van der Waals surface area contributed by atoms with Crippen molar-refractivity contribution in [2.45, 2.75) is 25.8 Å². The molecule has 0 fully saturated rings. The fourth-order valence-corrected chi connectivity index (χ4v) is 1.31. The minimum Gasteiger partial charge on any atom is -0.506 e. The lowest BCUT2D eigenvalue weighted by Crippen LogP contribution is -2.34. The maximum Gasteiger partial charge on any atom is 0.134 e. The van der Waals surface area contributed by atoms with E-state index >= 15 is 0 Å². The van der Waals surface area contributed by atoms with E-state index in [1.165, 1.54) is 0 Å². The minimum absolute atomic E-state index is 0.114. The molecule has 2 nitrogen and oxygen atoms in total. The van der Waals surface area contributed by atoms with Gasteiger partial charge in [-0.2, -0.15) is 0 Å². The van der Waals surface area contributed by atoms with E-state index in [-0.39, 0.29) is 11.3 Å². The summed E-state index contributed by atoms with van der Waals surface area (Å²) < 4.78 is 0. The Labute approximate surface area is 83.3 Å². The Morgan fingerprint density at radius 3 is 2.54 bits per heavy atom. The molecule has 1 aromatic rings. The average molecular weight is 200 g/mol. The summed E-state index contributed by atoms with van der Waals surface area (Å²) >= 11 is 5.67. The van der Waals surface area contributed by atoms with E-state index < -0.39 is 0 Å². The Bertz CT molecular complexity index is 304. The Morgan fingerprint density at radius 2 is 2.08 bits per heavy atom.